The number of hydrogen-bond donors (Lipinski definition) is 1. The molecule has 84 valence electrons. The number of H-pyrrole nitrogens is 1. The highest BCUT2D eigenvalue weighted by Gasteiger charge is 2.19. The molecule has 16 heavy (non-hydrogen) atoms. The monoisotopic (exact) mass is 242 g/mol. The summed E-state index contributed by atoms with van der Waals surface area (Å²) in [6.07, 6.45) is 3.28. The fourth-order valence-corrected chi connectivity index (χ4v) is 1.70. The third kappa shape index (κ3) is 1.60. The Morgan fingerprint density at radius 3 is 2.75 bits per heavy atom. The van der Waals surface area contributed by atoms with Crippen molar-refractivity contribution in [1.29, 1.82) is 0 Å². The average molecular weight is 242 g/mol. The van der Waals surface area contributed by atoms with Crippen molar-refractivity contribution >= 4 is 26.6 Å². The van der Waals surface area contributed by atoms with Crippen LogP contribution in [0.3, 0.4) is 0 Å². The van der Waals surface area contributed by atoms with Gasteiger partial charge in [0.1, 0.15) is 0 Å². The van der Waals surface area contributed by atoms with Gasteiger partial charge in [0.15, 0.2) is 5.52 Å². The summed E-state index contributed by atoms with van der Waals surface area (Å²) < 4.78 is 22.3. The Morgan fingerprint density at radius 2 is 2.19 bits per heavy atom. The third-order valence-electron chi connectivity index (χ3n) is 1.90. The zero-order valence-corrected chi connectivity index (χ0v) is 8.85. The highest BCUT2D eigenvalue weighted by atomic mass is 32.2. The lowest BCUT2D eigenvalue weighted by Gasteiger charge is -1.95. The first kappa shape index (κ1) is 10.5. The summed E-state index contributed by atoms with van der Waals surface area (Å²) >= 11 is 0. The number of aromatic amines is 1. The summed E-state index contributed by atoms with van der Waals surface area (Å²) in [5.41, 5.74) is 0.0295. The number of nitrogens with zero attached hydrogens (tertiary/aromatic N) is 3. The standard InChI is InChI=1S/C7H6N4O4S/c1-16(14,15)7-9-2-4-6(10-7)5(3-8-4)11(12)13/h2-3,8H,1H3. The van der Waals surface area contributed by atoms with Crippen LogP contribution in [-0.2, 0) is 9.84 Å². The normalized spacial score (nSPS) is 11.8. The van der Waals surface area contributed by atoms with Crippen molar-refractivity contribution in [2.75, 3.05) is 6.26 Å². The summed E-state index contributed by atoms with van der Waals surface area (Å²) in [6, 6.07) is 0. The van der Waals surface area contributed by atoms with Crippen LogP contribution < -0.4 is 0 Å². The summed E-state index contributed by atoms with van der Waals surface area (Å²) in [6.45, 7) is 0. The lowest BCUT2D eigenvalue weighted by Crippen LogP contribution is -2.03. The molecule has 0 aliphatic carbocycles. The largest absolute Gasteiger partial charge is 0.353 e. The van der Waals surface area contributed by atoms with Crippen LogP contribution in [0.1, 0.15) is 0 Å². The Morgan fingerprint density at radius 1 is 1.50 bits per heavy atom. The van der Waals surface area contributed by atoms with E-state index in [1.165, 1.54) is 6.20 Å². The maximum absolute atomic E-state index is 11.2. The Hall–Kier alpha value is -2.03. The highest BCUT2D eigenvalue weighted by molar-refractivity contribution is 7.90. The number of aromatic nitrogens is 3. The molecular weight excluding hydrogens is 236 g/mol. The molecule has 0 bridgehead atoms. The second-order valence-corrected chi connectivity index (χ2v) is 5.03. The first-order valence-electron chi connectivity index (χ1n) is 4.08. The van der Waals surface area contributed by atoms with Gasteiger partial charge >= 0.3 is 5.69 Å². The molecule has 2 heterocycles. The molecule has 0 radical (unpaired) electrons. The fraction of sp³-hybridized carbons (Fsp3) is 0.143. The first-order valence-corrected chi connectivity index (χ1v) is 5.97. The Balaban J connectivity index is 2.78. The van der Waals surface area contributed by atoms with Gasteiger partial charge in [-0.2, -0.15) is 0 Å². The summed E-state index contributed by atoms with van der Waals surface area (Å²) in [4.78, 5) is 19.8. The molecule has 0 aromatic carbocycles. The molecule has 0 aliphatic rings. The minimum atomic E-state index is -3.57. The van der Waals surface area contributed by atoms with E-state index < -0.39 is 19.9 Å². The molecule has 0 spiro atoms. The van der Waals surface area contributed by atoms with E-state index in [1.807, 2.05) is 0 Å². The maximum Gasteiger partial charge on any atom is 0.312 e. The molecule has 0 fully saturated rings. The Labute approximate surface area is 89.4 Å². The van der Waals surface area contributed by atoms with Gasteiger partial charge in [0, 0.05) is 6.26 Å². The van der Waals surface area contributed by atoms with Crippen molar-refractivity contribution in [2.24, 2.45) is 0 Å². The van der Waals surface area contributed by atoms with Crippen LogP contribution in [0, 0.1) is 10.1 Å². The number of nitrogens with one attached hydrogen (secondary N) is 1. The lowest BCUT2D eigenvalue weighted by molar-refractivity contribution is -0.383. The number of sulfone groups is 1. The second-order valence-electron chi connectivity index (χ2n) is 3.12. The molecule has 0 unspecified atom stereocenters. The van der Waals surface area contributed by atoms with Crippen molar-refractivity contribution in [3.63, 3.8) is 0 Å². The molecule has 0 saturated heterocycles. The molecule has 9 heteroatoms. The molecule has 2 aromatic heterocycles. The van der Waals surface area contributed by atoms with Crippen molar-refractivity contribution in [3.8, 4) is 0 Å². The first-order chi connectivity index (χ1) is 7.39. The molecule has 1 N–H and O–H groups in total. The second kappa shape index (κ2) is 3.23. The number of hydrogen-bond acceptors (Lipinski definition) is 6. The summed E-state index contributed by atoms with van der Waals surface area (Å²) in [7, 11) is -3.57. The van der Waals surface area contributed by atoms with Crippen LogP contribution in [0.4, 0.5) is 5.69 Å². The molecule has 0 aliphatic heterocycles. The summed E-state index contributed by atoms with van der Waals surface area (Å²) in [5, 5.41) is 10.2. The van der Waals surface area contributed by atoms with Crippen LogP contribution in [0.25, 0.3) is 11.0 Å². The SMILES string of the molecule is CS(=O)(=O)c1ncc2[nH]cc([N+](=O)[O-])c2n1. The van der Waals surface area contributed by atoms with Crippen LogP contribution >= 0.6 is 0 Å². The fourth-order valence-electron chi connectivity index (χ4n) is 1.20. The smallest absolute Gasteiger partial charge is 0.312 e. The van der Waals surface area contributed by atoms with E-state index in [1.54, 1.807) is 0 Å². The quantitative estimate of drug-likeness (QED) is 0.458. The van der Waals surface area contributed by atoms with E-state index in [-0.39, 0.29) is 11.2 Å². The average Bonchev–Trinajstić information content (AvgIpc) is 2.58. The molecule has 0 atom stereocenters. The van der Waals surface area contributed by atoms with E-state index in [2.05, 4.69) is 15.0 Å². The molecule has 2 rings (SSSR count). The number of rotatable bonds is 2. The number of fused-ring (bicyclic) bond motifs is 1. The van der Waals surface area contributed by atoms with Gasteiger partial charge in [-0.3, -0.25) is 10.1 Å². The Kier molecular flexibility index (Phi) is 2.12. The van der Waals surface area contributed by atoms with Crippen molar-refractivity contribution in [3.05, 3.63) is 22.5 Å². The molecule has 2 aromatic rings. The van der Waals surface area contributed by atoms with E-state index >= 15 is 0 Å². The van der Waals surface area contributed by atoms with Gasteiger partial charge < -0.3 is 4.98 Å². The minimum absolute atomic E-state index is 0.0135. The zero-order valence-electron chi connectivity index (χ0n) is 8.04. The van der Waals surface area contributed by atoms with E-state index in [0.717, 1.165) is 12.5 Å². The van der Waals surface area contributed by atoms with E-state index in [0.29, 0.717) is 5.52 Å². The predicted octanol–water partition coefficient (Wildman–Crippen LogP) is 0.270. The predicted molar refractivity (Wildman–Crippen MR) is 53.7 cm³/mol. The van der Waals surface area contributed by atoms with Gasteiger partial charge in [-0.05, 0) is 0 Å². The van der Waals surface area contributed by atoms with Crippen molar-refractivity contribution < 1.29 is 13.3 Å². The van der Waals surface area contributed by atoms with Gasteiger partial charge in [-0.1, -0.05) is 0 Å². The highest BCUT2D eigenvalue weighted by Crippen LogP contribution is 2.22. The van der Waals surface area contributed by atoms with E-state index in [4.69, 9.17) is 0 Å². The maximum atomic E-state index is 11.2. The van der Waals surface area contributed by atoms with Crippen LogP contribution in [0.2, 0.25) is 0 Å². The van der Waals surface area contributed by atoms with Gasteiger partial charge in [-0.25, -0.2) is 18.4 Å². The topological polar surface area (TPSA) is 119 Å². The van der Waals surface area contributed by atoms with Crippen molar-refractivity contribution in [1.82, 2.24) is 15.0 Å². The van der Waals surface area contributed by atoms with Gasteiger partial charge in [-0.15, -0.1) is 0 Å². The zero-order chi connectivity index (χ0) is 11.9. The molecule has 0 saturated carbocycles. The molecule has 8 nitrogen and oxygen atoms in total. The van der Waals surface area contributed by atoms with Crippen LogP contribution in [0.5, 0.6) is 0 Å². The lowest BCUT2D eigenvalue weighted by atomic mass is 10.4. The molecular formula is C7H6N4O4S. The van der Waals surface area contributed by atoms with Crippen LogP contribution in [0.15, 0.2) is 17.6 Å². The van der Waals surface area contributed by atoms with Gasteiger partial charge in [0.2, 0.25) is 15.0 Å². The summed E-state index contributed by atoms with van der Waals surface area (Å²) in [5.74, 6) is 0. The van der Waals surface area contributed by atoms with Gasteiger partial charge in [0.05, 0.1) is 22.8 Å². The minimum Gasteiger partial charge on any atom is -0.353 e. The third-order valence-corrected chi connectivity index (χ3v) is 2.76. The van der Waals surface area contributed by atoms with E-state index in [9.17, 15) is 18.5 Å². The van der Waals surface area contributed by atoms with Crippen LogP contribution in [-0.4, -0.2) is 34.5 Å². The Bertz CT molecular complexity index is 675. The van der Waals surface area contributed by atoms with Crippen molar-refractivity contribution in [2.45, 2.75) is 5.16 Å². The molecule has 0 amide bonds. The number of nitro groups is 1. The van der Waals surface area contributed by atoms with Gasteiger partial charge in [0.25, 0.3) is 0 Å².